The standard InChI is InChI=1S/C5H6F3NO3/c6-5(7,8)4(12,2-9)1-3(10)11/h2,9,12H,1H2,(H,10,11). The summed E-state index contributed by atoms with van der Waals surface area (Å²) >= 11 is 0. The third-order valence-electron chi connectivity index (χ3n) is 1.15. The van der Waals surface area contributed by atoms with E-state index in [-0.39, 0.29) is 6.21 Å². The van der Waals surface area contributed by atoms with Crippen LogP contribution in [0.15, 0.2) is 0 Å². The van der Waals surface area contributed by atoms with Crippen LogP contribution in [0.1, 0.15) is 6.42 Å². The van der Waals surface area contributed by atoms with E-state index in [1.807, 2.05) is 0 Å². The average Bonchev–Trinajstić information content (AvgIpc) is 1.83. The third kappa shape index (κ3) is 2.19. The van der Waals surface area contributed by atoms with E-state index < -0.39 is 24.2 Å². The molecule has 0 aliphatic rings. The molecule has 12 heavy (non-hydrogen) atoms. The van der Waals surface area contributed by atoms with Crippen molar-refractivity contribution in [3.63, 3.8) is 0 Å². The molecule has 0 spiro atoms. The van der Waals surface area contributed by atoms with Gasteiger partial charge in [-0.15, -0.1) is 0 Å². The molecule has 0 aromatic heterocycles. The summed E-state index contributed by atoms with van der Waals surface area (Å²) in [5.41, 5.74) is -3.56. The van der Waals surface area contributed by atoms with Crippen molar-refractivity contribution in [3.05, 3.63) is 0 Å². The van der Waals surface area contributed by atoms with Gasteiger partial charge in [-0.2, -0.15) is 13.2 Å². The minimum absolute atomic E-state index is 0.332. The van der Waals surface area contributed by atoms with E-state index in [1.165, 1.54) is 0 Å². The second-order valence-corrected chi connectivity index (χ2v) is 2.14. The third-order valence-corrected chi connectivity index (χ3v) is 1.15. The summed E-state index contributed by atoms with van der Waals surface area (Å²) in [5.74, 6) is -1.82. The van der Waals surface area contributed by atoms with Crippen molar-refractivity contribution in [3.8, 4) is 0 Å². The average molecular weight is 185 g/mol. The maximum absolute atomic E-state index is 11.8. The van der Waals surface area contributed by atoms with Crippen molar-refractivity contribution in [2.24, 2.45) is 0 Å². The monoisotopic (exact) mass is 185 g/mol. The molecule has 0 radical (unpaired) electrons. The summed E-state index contributed by atoms with van der Waals surface area (Å²) in [4.78, 5) is 9.86. The minimum Gasteiger partial charge on any atom is -0.481 e. The number of halogens is 3. The number of aliphatic hydroxyl groups is 1. The van der Waals surface area contributed by atoms with Gasteiger partial charge in [0.2, 0.25) is 5.60 Å². The quantitative estimate of drug-likeness (QED) is 0.556. The molecule has 70 valence electrons. The fraction of sp³-hybridized carbons (Fsp3) is 0.600. The molecule has 0 rings (SSSR count). The molecule has 0 saturated heterocycles. The topological polar surface area (TPSA) is 81.4 Å². The fourth-order valence-electron chi connectivity index (χ4n) is 0.464. The molecule has 0 fully saturated rings. The van der Waals surface area contributed by atoms with Gasteiger partial charge in [-0.3, -0.25) is 4.79 Å². The molecule has 0 aliphatic carbocycles. The molecule has 0 heterocycles. The molecule has 0 bridgehead atoms. The summed E-state index contributed by atoms with van der Waals surface area (Å²) in [5, 5.41) is 22.8. The fourth-order valence-corrected chi connectivity index (χ4v) is 0.464. The number of nitrogens with one attached hydrogen (secondary N) is 1. The first-order chi connectivity index (χ1) is 5.23. The van der Waals surface area contributed by atoms with E-state index in [0.29, 0.717) is 0 Å². The van der Waals surface area contributed by atoms with Gasteiger partial charge in [-0.1, -0.05) is 0 Å². The van der Waals surface area contributed by atoms with Crippen molar-refractivity contribution in [2.45, 2.75) is 18.2 Å². The lowest BCUT2D eigenvalue weighted by Gasteiger charge is -2.23. The predicted molar refractivity (Wildman–Crippen MR) is 32.0 cm³/mol. The molecule has 1 unspecified atom stereocenters. The van der Waals surface area contributed by atoms with Crippen LogP contribution in [0.4, 0.5) is 13.2 Å². The van der Waals surface area contributed by atoms with Gasteiger partial charge in [0, 0.05) is 6.21 Å². The zero-order valence-corrected chi connectivity index (χ0v) is 5.72. The van der Waals surface area contributed by atoms with E-state index >= 15 is 0 Å². The van der Waals surface area contributed by atoms with E-state index in [1.54, 1.807) is 0 Å². The Morgan fingerprint density at radius 1 is 1.50 bits per heavy atom. The largest absolute Gasteiger partial charge is 0.481 e. The Labute approximate surface area is 65.1 Å². The SMILES string of the molecule is N=CC(O)(CC(=O)O)C(F)(F)F. The molecule has 7 heteroatoms. The summed E-state index contributed by atoms with van der Waals surface area (Å²) in [6, 6.07) is 0. The van der Waals surface area contributed by atoms with Gasteiger partial charge in [0.05, 0.1) is 6.42 Å². The number of carboxylic acid groups (broad SMARTS) is 1. The summed E-state index contributed by atoms with van der Waals surface area (Å²) in [6.45, 7) is 0. The van der Waals surface area contributed by atoms with Crippen molar-refractivity contribution in [2.75, 3.05) is 0 Å². The van der Waals surface area contributed by atoms with Gasteiger partial charge < -0.3 is 15.6 Å². The molecule has 1 atom stereocenters. The molecular formula is C5H6F3NO3. The highest BCUT2D eigenvalue weighted by molar-refractivity contribution is 5.77. The predicted octanol–water partition coefficient (Wildman–Crippen LogP) is 0.404. The van der Waals surface area contributed by atoms with Crippen LogP contribution in [0.5, 0.6) is 0 Å². The maximum atomic E-state index is 11.8. The normalized spacial score (nSPS) is 16.7. The van der Waals surface area contributed by atoms with E-state index in [4.69, 9.17) is 15.6 Å². The van der Waals surface area contributed by atoms with Crippen LogP contribution in [0, 0.1) is 5.41 Å². The molecule has 0 aromatic carbocycles. The second kappa shape index (κ2) is 3.10. The number of carbonyl (C=O) groups is 1. The molecule has 0 saturated carbocycles. The summed E-state index contributed by atoms with van der Waals surface area (Å²) < 4.78 is 35.4. The van der Waals surface area contributed by atoms with Crippen LogP contribution in [0.2, 0.25) is 0 Å². The number of rotatable bonds is 3. The van der Waals surface area contributed by atoms with Gasteiger partial charge in [0.15, 0.2) is 0 Å². The molecule has 0 aromatic rings. The van der Waals surface area contributed by atoms with Gasteiger partial charge in [-0.25, -0.2) is 0 Å². The number of hydrogen-bond donors (Lipinski definition) is 3. The molecule has 3 N–H and O–H groups in total. The molecule has 0 amide bonds. The van der Waals surface area contributed by atoms with Crippen molar-refractivity contribution < 1.29 is 28.2 Å². The van der Waals surface area contributed by atoms with E-state index in [9.17, 15) is 18.0 Å². The summed E-state index contributed by atoms with van der Waals surface area (Å²) in [6.07, 6.45) is -7.02. The Kier molecular flexibility index (Phi) is 2.81. The van der Waals surface area contributed by atoms with Crippen LogP contribution in [0.25, 0.3) is 0 Å². The van der Waals surface area contributed by atoms with Gasteiger partial charge in [0.1, 0.15) is 0 Å². The highest BCUT2D eigenvalue weighted by Gasteiger charge is 2.53. The van der Waals surface area contributed by atoms with Crippen LogP contribution in [-0.2, 0) is 4.79 Å². The highest BCUT2D eigenvalue weighted by Crippen LogP contribution is 2.31. The van der Waals surface area contributed by atoms with E-state index in [2.05, 4.69) is 0 Å². The zero-order valence-electron chi connectivity index (χ0n) is 5.72. The number of hydrogen-bond acceptors (Lipinski definition) is 3. The number of alkyl halides is 3. The van der Waals surface area contributed by atoms with Gasteiger partial charge in [0.25, 0.3) is 0 Å². The second-order valence-electron chi connectivity index (χ2n) is 2.14. The van der Waals surface area contributed by atoms with Gasteiger partial charge >= 0.3 is 12.1 Å². The number of aliphatic carboxylic acids is 1. The molecular weight excluding hydrogens is 179 g/mol. The Bertz CT molecular complexity index is 203. The first-order valence-electron chi connectivity index (χ1n) is 2.75. The first kappa shape index (κ1) is 10.9. The van der Waals surface area contributed by atoms with Crippen molar-refractivity contribution in [1.82, 2.24) is 0 Å². The Hall–Kier alpha value is -1.11. The smallest absolute Gasteiger partial charge is 0.422 e. The summed E-state index contributed by atoms with van der Waals surface area (Å²) in [7, 11) is 0. The Morgan fingerprint density at radius 2 is 1.92 bits per heavy atom. The van der Waals surface area contributed by atoms with Crippen LogP contribution in [-0.4, -0.2) is 34.2 Å². The minimum atomic E-state index is -5.13. The van der Waals surface area contributed by atoms with Crippen LogP contribution in [0.3, 0.4) is 0 Å². The Morgan fingerprint density at radius 3 is 2.00 bits per heavy atom. The van der Waals surface area contributed by atoms with Crippen LogP contribution < -0.4 is 0 Å². The maximum Gasteiger partial charge on any atom is 0.422 e. The highest BCUT2D eigenvalue weighted by atomic mass is 19.4. The lowest BCUT2D eigenvalue weighted by molar-refractivity contribution is -0.232. The molecule has 4 nitrogen and oxygen atoms in total. The lowest BCUT2D eigenvalue weighted by Crippen LogP contribution is -2.48. The Balaban J connectivity index is 4.68. The lowest BCUT2D eigenvalue weighted by atomic mass is 10.0. The van der Waals surface area contributed by atoms with Crippen LogP contribution >= 0.6 is 0 Å². The van der Waals surface area contributed by atoms with Crippen molar-refractivity contribution >= 4 is 12.2 Å². The van der Waals surface area contributed by atoms with Crippen molar-refractivity contribution in [1.29, 1.82) is 5.41 Å². The van der Waals surface area contributed by atoms with E-state index in [0.717, 1.165) is 0 Å². The number of carboxylic acids is 1. The van der Waals surface area contributed by atoms with Gasteiger partial charge in [-0.05, 0) is 0 Å². The first-order valence-corrected chi connectivity index (χ1v) is 2.75. The zero-order chi connectivity index (χ0) is 9.99. The molecule has 0 aliphatic heterocycles.